The lowest BCUT2D eigenvalue weighted by Crippen LogP contribution is -2.31. The van der Waals surface area contributed by atoms with Gasteiger partial charge in [0.1, 0.15) is 5.82 Å². The topological polar surface area (TPSA) is 59.8 Å². The molecule has 5 nitrogen and oxygen atoms in total. The SMILES string of the molecule is CC[C@@H](C(=O)NCCn1ccnc1-c1cccnc1)c1ccccc1. The van der Waals surface area contributed by atoms with Crippen molar-refractivity contribution < 1.29 is 4.79 Å². The minimum atomic E-state index is -0.109. The number of imidazole rings is 1. The lowest BCUT2D eigenvalue weighted by Gasteiger charge is -2.16. The molecule has 0 radical (unpaired) electrons. The summed E-state index contributed by atoms with van der Waals surface area (Å²) in [6.07, 6.45) is 8.00. The van der Waals surface area contributed by atoms with Crippen LogP contribution in [-0.4, -0.2) is 27.0 Å². The van der Waals surface area contributed by atoms with Gasteiger partial charge in [-0.2, -0.15) is 0 Å². The number of hydrogen-bond donors (Lipinski definition) is 1. The Morgan fingerprint density at radius 2 is 2.00 bits per heavy atom. The minimum absolute atomic E-state index is 0.0664. The average molecular weight is 334 g/mol. The number of pyridine rings is 1. The van der Waals surface area contributed by atoms with Gasteiger partial charge in [0.25, 0.3) is 0 Å². The Labute approximate surface area is 147 Å². The van der Waals surface area contributed by atoms with E-state index in [4.69, 9.17) is 0 Å². The van der Waals surface area contributed by atoms with E-state index in [0.29, 0.717) is 13.1 Å². The summed E-state index contributed by atoms with van der Waals surface area (Å²) in [6, 6.07) is 13.8. The molecule has 1 aromatic carbocycles. The highest BCUT2D eigenvalue weighted by Crippen LogP contribution is 2.19. The van der Waals surface area contributed by atoms with Gasteiger partial charge < -0.3 is 9.88 Å². The van der Waals surface area contributed by atoms with Crippen LogP contribution in [0, 0.1) is 0 Å². The van der Waals surface area contributed by atoms with Gasteiger partial charge in [-0.1, -0.05) is 37.3 Å². The second kappa shape index (κ2) is 8.24. The van der Waals surface area contributed by atoms with E-state index in [1.54, 1.807) is 18.6 Å². The van der Waals surface area contributed by atoms with E-state index in [1.165, 1.54) is 0 Å². The predicted octanol–water partition coefficient (Wildman–Crippen LogP) is 3.26. The molecule has 0 spiro atoms. The number of rotatable bonds is 7. The molecule has 0 aliphatic carbocycles. The Bertz CT molecular complexity index is 799. The number of carbonyl (C=O) groups excluding carboxylic acids is 1. The second-order valence-electron chi connectivity index (χ2n) is 5.85. The fourth-order valence-electron chi connectivity index (χ4n) is 2.93. The van der Waals surface area contributed by atoms with E-state index in [0.717, 1.165) is 23.4 Å². The molecule has 0 bridgehead atoms. The number of nitrogens with one attached hydrogen (secondary N) is 1. The zero-order valence-electron chi connectivity index (χ0n) is 14.3. The van der Waals surface area contributed by atoms with Crippen LogP contribution in [0.15, 0.2) is 67.3 Å². The number of aromatic nitrogens is 3. The average Bonchev–Trinajstić information content (AvgIpc) is 3.12. The van der Waals surface area contributed by atoms with Gasteiger partial charge in [0.05, 0.1) is 5.92 Å². The second-order valence-corrected chi connectivity index (χ2v) is 5.85. The van der Waals surface area contributed by atoms with Crippen LogP contribution in [0.1, 0.15) is 24.8 Å². The largest absolute Gasteiger partial charge is 0.354 e. The molecular formula is C20H22N4O. The van der Waals surface area contributed by atoms with Gasteiger partial charge >= 0.3 is 0 Å². The van der Waals surface area contributed by atoms with E-state index in [1.807, 2.05) is 60.2 Å². The molecule has 0 aliphatic heterocycles. The van der Waals surface area contributed by atoms with E-state index in [9.17, 15) is 4.79 Å². The third kappa shape index (κ3) is 4.12. The first-order valence-corrected chi connectivity index (χ1v) is 8.53. The maximum Gasteiger partial charge on any atom is 0.227 e. The van der Waals surface area contributed by atoms with Crippen LogP contribution in [-0.2, 0) is 11.3 Å². The van der Waals surface area contributed by atoms with Gasteiger partial charge in [-0.15, -0.1) is 0 Å². The monoisotopic (exact) mass is 334 g/mol. The van der Waals surface area contributed by atoms with Crippen LogP contribution in [0.5, 0.6) is 0 Å². The number of carbonyl (C=O) groups is 1. The molecule has 3 aromatic rings. The van der Waals surface area contributed by atoms with Crippen LogP contribution in [0.4, 0.5) is 0 Å². The molecule has 128 valence electrons. The number of nitrogens with zero attached hydrogens (tertiary/aromatic N) is 3. The molecule has 25 heavy (non-hydrogen) atoms. The summed E-state index contributed by atoms with van der Waals surface area (Å²) >= 11 is 0. The molecule has 1 N–H and O–H groups in total. The highest BCUT2D eigenvalue weighted by molar-refractivity contribution is 5.83. The lowest BCUT2D eigenvalue weighted by atomic mass is 9.96. The Balaban J connectivity index is 1.60. The molecule has 2 aromatic heterocycles. The highest BCUT2D eigenvalue weighted by Gasteiger charge is 2.17. The minimum Gasteiger partial charge on any atom is -0.354 e. The van der Waals surface area contributed by atoms with Gasteiger partial charge in [-0.05, 0) is 24.1 Å². The van der Waals surface area contributed by atoms with Crippen molar-refractivity contribution in [2.75, 3.05) is 6.54 Å². The smallest absolute Gasteiger partial charge is 0.227 e. The van der Waals surface area contributed by atoms with E-state index in [2.05, 4.69) is 15.3 Å². The van der Waals surface area contributed by atoms with Crippen molar-refractivity contribution in [1.82, 2.24) is 19.9 Å². The van der Waals surface area contributed by atoms with Crippen LogP contribution in [0.3, 0.4) is 0 Å². The molecule has 1 amide bonds. The van der Waals surface area contributed by atoms with Crippen LogP contribution < -0.4 is 5.32 Å². The Kier molecular flexibility index (Phi) is 5.57. The van der Waals surface area contributed by atoms with E-state index >= 15 is 0 Å². The quantitative estimate of drug-likeness (QED) is 0.721. The summed E-state index contributed by atoms with van der Waals surface area (Å²) < 4.78 is 2.03. The van der Waals surface area contributed by atoms with E-state index < -0.39 is 0 Å². The van der Waals surface area contributed by atoms with Gasteiger partial charge in [0.2, 0.25) is 5.91 Å². The fraction of sp³-hybridized carbons (Fsp3) is 0.250. The summed E-state index contributed by atoms with van der Waals surface area (Å²) in [7, 11) is 0. The van der Waals surface area contributed by atoms with Crippen molar-refractivity contribution >= 4 is 5.91 Å². The van der Waals surface area contributed by atoms with Crippen LogP contribution in [0.2, 0.25) is 0 Å². The van der Waals surface area contributed by atoms with Gasteiger partial charge in [-0.25, -0.2) is 4.98 Å². The normalized spacial score (nSPS) is 11.9. The third-order valence-corrected chi connectivity index (χ3v) is 4.21. The number of amides is 1. The molecule has 2 heterocycles. The maximum atomic E-state index is 12.5. The first-order valence-electron chi connectivity index (χ1n) is 8.53. The Hall–Kier alpha value is -2.95. The van der Waals surface area contributed by atoms with Gasteiger partial charge in [-0.3, -0.25) is 9.78 Å². The van der Waals surface area contributed by atoms with Crippen LogP contribution >= 0.6 is 0 Å². The summed E-state index contributed by atoms with van der Waals surface area (Å²) in [5.74, 6) is 0.816. The number of benzene rings is 1. The highest BCUT2D eigenvalue weighted by atomic mass is 16.1. The zero-order valence-corrected chi connectivity index (χ0v) is 14.3. The summed E-state index contributed by atoms with van der Waals surface area (Å²) in [5, 5.41) is 3.05. The molecule has 0 saturated carbocycles. The van der Waals surface area contributed by atoms with Crippen LogP contribution in [0.25, 0.3) is 11.4 Å². The molecule has 0 fully saturated rings. The maximum absolute atomic E-state index is 12.5. The van der Waals surface area contributed by atoms with Gasteiger partial charge in [0, 0.05) is 43.4 Å². The third-order valence-electron chi connectivity index (χ3n) is 4.21. The molecule has 5 heteroatoms. The van der Waals surface area contributed by atoms with Crippen molar-refractivity contribution in [3.8, 4) is 11.4 Å². The predicted molar refractivity (Wildman–Crippen MR) is 97.9 cm³/mol. The summed E-state index contributed by atoms with van der Waals surface area (Å²) in [6.45, 7) is 3.26. The zero-order chi connectivity index (χ0) is 17.5. The molecule has 0 saturated heterocycles. The van der Waals surface area contributed by atoms with Crippen molar-refractivity contribution in [2.45, 2.75) is 25.8 Å². The van der Waals surface area contributed by atoms with Crippen molar-refractivity contribution in [1.29, 1.82) is 0 Å². The fourth-order valence-corrected chi connectivity index (χ4v) is 2.93. The molecule has 3 rings (SSSR count). The van der Waals surface area contributed by atoms with Crippen molar-refractivity contribution in [3.63, 3.8) is 0 Å². The molecular weight excluding hydrogens is 312 g/mol. The first kappa shape index (κ1) is 16.9. The molecule has 0 unspecified atom stereocenters. The number of hydrogen-bond acceptors (Lipinski definition) is 3. The summed E-state index contributed by atoms with van der Waals surface area (Å²) in [5.41, 5.74) is 2.02. The summed E-state index contributed by atoms with van der Waals surface area (Å²) in [4.78, 5) is 21.0. The van der Waals surface area contributed by atoms with E-state index in [-0.39, 0.29) is 11.8 Å². The molecule has 1 atom stereocenters. The lowest BCUT2D eigenvalue weighted by molar-refractivity contribution is -0.122. The standard InChI is InChI=1S/C20H22N4O/c1-2-18(16-7-4-3-5-8-16)20(25)23-12-14-24-13-11-22-19(24)17-9-6-10-21-15-17/h3-11,13,15,18H,2,12,14H2,1H3,(H,23,25)/t18-/m1/s1. The van der Waals surface area contributed by atoms with Crippen molar-refractivity contribution in [3.05, 3.63) is 72.8 Å². The molecule has 0 aliphatic rings. The first-order chi connectivity index (χ1) is 12.3. The Morgan fingerprint density at radius 3 is 2.72 bits per heavy atom. The van der Waals surface area contributed by atoms with Gasteiger partial charge in [0.15, 0.2) is 0 Å². The Morgan fingerprint density at radius 1 is 1.16 bits per heavy atom. The van der Waals surface area contributed by atoms with Crippen molar-refractivity contribution in [2.24, 2.45) is 0 Å².